The lowest BCUT2D eigenvalue weighted by Crippen LogP contribution is -2.45. The molecule has 0 aliphatic rings. The van der Waals surface area contributed by atoms with Gasteiger partial charge in [0.05, 0.1) is 5.41 Å². The molecular weight excluding hydrogens is 358 g/mol. The number of esters is 2. The van der Waals surface area contributed by atoms with Gasteiger partial charge in [-0.25, -0.2) is 4.79 Å². The minimum absolute atomic E-state index is 0.00611. The van der Waals surface area contributed by atoms with Crippen LogP contribution in [0.4, 0.5) is 0 Å². The maximum atomic E-state index is 12.7. The van der Waals surface area contributed by atoms with Crippen LogP contribution in [0.5, 0.6) is 0 Å². The van der Waals surface area contributed by atoms with Crippen LogP contribution >= 0.6 is 0 Å². The van der Waals surface area contributed by atoms with Crippen molar-refractivity contribution in [1.29, 1.82) is 0 Å². The minimum Gasteiger partial charge on any atom is -0.462 e. The molecule has 0 fully saturated rings. The van der Waals surface area contributed by atoms with E-state index >= 15 is 0 Å². The fraction of sp³-hybridized carbons (Fsp3) is 0.773. The lowest BCUT2D eigenvalue weighted by Gasteiger charge is -2.42. The van der Waals surface area contributed by atoms with Crippen LogP contribution in [0.1, 0.15) is 61.3 Å². The molecule has 0 radical (unpaired) electrons. The molecule has 0 bridgehead atoms. The number of hydrogen-bond acceptors (Lipinski definition) is 5. The second-order valence-electron chi connectivity index (χ2n) is 9.03. The van der Waals surface area contributed by atoms with Crippen LogP contribution in [0.3, 0.4) is 0 Å². The zero-order valence-corrected chi connectivity index (χ0v) is 19.2. The van der Waals surface area contributed by atoms with E-state index in [4.69, 9.17) is 9.47 Å². The summed E-state index contributed by atoms with van der Waals surface area (Å²) in [6, 6.07) is 0. The van der Waals surface area contributed by atoms with Gasteiger partial charge in [-0.15, -0.1) is 0 Å². The van der Waals surface area contributed by atoms with Crippen molar-refractivity contribution in [2.45, 2.75) is 61.3 Å². The highest BCUT2D eigenvalue weighted by molar-refractivity contribution is 5.87. The molecule has 0 aromatic carbocycles. The van der Waals surface area contributed by atoms with Gasteiger partial charge in [0.1, 0.15) is 13.2 Å². The number of amides is 1. The Morgan fingerprint density at radius 1 is 1.00 bits per heavy atom. The van der Waals surface area contributed by atoms with E-state index in [-0.39, 0.29) is 36.9 Å². The van der Waals surface area contributed by atoms with Crippen molar-refractivity contribution in [3.05, 3.63) is 12.2 Å². The van der Waals surface area contributed by atoms with Crippen LogP contribution in [0, 0.1) is 22.7 Å². The molecule has 0 spiro atoms. The molecule has 28 heavy (non-hydrogen) atoms. The van der Waals surface area contributed by atoms with E-state index in [9.17, 15) is 14.4 Å². The van der Waals surface area contributed by atoms with Gasteiger partial charge < -0.3 is 14.4 Å². The van der Waals surface area contributed by atoms with Crippen molar-refractivity contribution in [2.24, 2.45) is 22.7 Å². The van der Waals surface area contributed by atoms with Gasteiger partial charge in [-0.1, -0.05) is 41.2 Å². The SMILES string of the molecule is C=C(CC)C(=O)OCCOC(=O)C(C)(C)C(C)(C)CC(C(=O)N(C)C)C(C)C. The highest BCUT2D eigenvalue weighted by Gasteiger charge is 2.46. The minimum atomic E-state index is -0.816. The Labute approximate surface area is 170 Å². The average molecular weight is 398 g/mol. The largest absolute Gasteiger partial charge is 0.462 e. The molecule has 0 saturated heterocycles. The highest BCUT2D eigenvalue weighted by atomic mass is 16.6. The van der Waals surface area contributed by atoms with Gasteiger partial charge in [-0.2, -0.15) is 0 Å². The van der Waals surface area contributed by atoms with E-state index in [2.05, 4.69) is 6.58 Å². The van der Waals surface area contributed by atoms with Gasteiger partial charge in [-0.3, -0.25) is 9.59 Å². The van der Waals surface area contributed by atoms with Crippen molar-refractivity contribution in [3.63, 3.8) is 0 Å². The molecule has 1 unspecified atom stereocenters. The Morgan fingerprint density at radius 3 is 1.93 bits per heavy atom. The number of ether oxygens (including phenoxy) is 2. The van der Waals surface area contributed by atoms with Crippen LogP contribution in [0.2, 0.25) is 0 Å². The lowest BCUT2D eigenvalue weighted by atomic mass is 9.62. The molecule has 0 saturated carbocycles. The first-order valence-electron chi connectivity index (χ1n) is 9.92. The summed E-state index contributed by atoms with van der Waals surface area (Å²) in [6.45, 7) is 17.1. The quantitative estimate of drug-likeness (QED) is 0.301. The predicted octanol–water partition coefficient (Wildman–Crippen LogP) is 3.84. The summed E-state index contributed by atoms with van der Waals surface area (Å²) in [5, 5.41) is 0. The summed E-state index contributed by atoms with van der Waals surface area (Å²) in [7, 11) is 3.50. The molecule has 0 aromatic heterocycles. The van der Waals surface area contributed by atoms with E-state index in [0.29, 0.717) is 18.4 Å². The first-order valence-corrected chi connectivity index (χ1v) is 9.92. The van der Waals surface area contributed by atoms with Crippen molar-refractivity contribution in [1.82, 2.24) is 4.90 Å². The molecule has 6 nitrogen and oxygen atoms in total. The molecule has 6 heteroatoms. The Bertz CT molecular complexity index is 575. The van der Waals surface area contributed by atoms with Crippen LogP contribution in [-0.4, -0.2) is 50.1 Å². The Balaban J connectivity index is 4.98. The average Bonchev–Trinajstić information content (AvgIpc) is 2.60. The summed E-state index contributed by atoms with van der Waals surface area (Å²) < 4.78 is 10.4. The standard InChI is InChI=1S/C22H39NO5/c1-11-16(4)19(25)27-12-13-28-20(26)22(7,8)21(5,6)14-17(15(2)3)18(24)23(9)10/h15,17H,4,11-14H2,1-3,5-10H3. The number of carbonyl (C=O) groups excluding carboxylic acids is 3. The maximum Gasteiger partial charge on any atom is 0.333 e. The molecule has 0 rings (SSSR count). The van der Waals surface area contributed by atoms with E-state index in [0.717, 1.165) is 0 Å². The molecule has 0 aliphatic heterocycles. The first-order chi connectivity index (χ1) is 12.7. The molecular formula is C22H39NO5. The fourth-order valence-corrected chi connectivity index (χ4v) is 2.72. The second-order valence-corrected chi connectivity index (χ2v) is 9.03. The molecule has 0 N–H and O–H groups in total. The first kappa shape index (κ1) is 26.1. The third kappa shape index (κ3) is 6.95. The Kier molecular flexibility index (Phi) is 9.93. The van der Waals surface area contributed by atoms with E-state index in [1.54, 1.807) is 19.0 Å². The highest BCUT2D eigenvalue weighted by Crippen LogP contribution is 2.45. The molecule has 1 amide bonds. The normalized spacial score (nSPS) is 13.1. The zero-order valence-electron chi connectivity index (χ0n) is 19.2. The lowest BCUT2D eigenvalue weighted by molar-refractivity contribution is -0.166. The Morgan fingerprint density at radius 2 is 1.50 bits per heavy atom. The molecule has 0 aromatic rings. The van der Waals surface area contributed by atoms with Gasteiger partial charge in [0, 0.05) is 25.6 Å². The summed E-state index contributed by atoms with van der Waals surface area (Å²) in [5.74, 6) is -0.803. The summed E-state index contributed by atoms with van der Waals surface area (Å²) >= 11 is 0. The summed E-state index contributed by atoms with van der Waals surface area (Å²) in [5.41, 5.74) is -0.903. The number of rotatable bonds is 11. The van der Waals surface area contributed by atoms with Gasteiger partial charge >= 0.3 is 11.9 Å². The summed E-state index contributed by atoms with van der Waals surface area (Å²) in [6.07, 6.45) is 1.08. The van der Waals surface area contributed by atoms with Crippen molar-refractivity contribution >= 4 is 17.8 Å². The van der Waals surface area contributed by atoms with E-state index < -0.39 is 16.8 Å². The van der Waals surface area contributed by atoms with Gasteiger partial charge in [0.2, 0.25) is 5.91 Å². The zero-order chi connectivity index (χ0) is 22.3. The third-order valence-corrected chi connectivity index (χ3v) is 5.76. The maximum absolute atomic E-state index is 12.7. The van der Waals surface area contributed by atoms with Gasteiger partial charge in [0.25, 0.3) is 0 Å². The van der Waals surface area contributed by atoms with Crippen molar-refractivity contribution < 1.29 is 23.9 Å². The van der Waals surface area contributed by atoms with Crippen LogP contribution in [0.25, 0.3) is 0 Å². The monoisotopic (exact) mass is 397 g/mol. The number of carbonyl (C=O) groups is 3. The topological polar surface area (TPSA) is 72.9 Å². The fourth-order valence-electron chi connectivity index (χ4n) is 2.72. The molecule has 1 atom stereocenters. The molecule has 162 valence electrons. The smallest absolute Gasteiger partial charge is 0.333 e. The number of hydrogen-bond donors (Lipinski definition) is 0. The van der Waals surface area contributed by atoms with Crippen LogP contribution in [0.15, 0.2) is 12.2 Å². The van der Waals surface area contributed by atoms with Crippen molar-refractivity contribution in [2.75, 3.05) is 27.3 Å². The summed E-state index contributed by atoms with van der Waals surface area (Å²) in [4.78, 5) is 38.5. The van der Waals surface area contributed by atoms with E-state index in [1.165, 1.54) is 0 Å². The van der Waals surface area contributed by atoms with E-state index in [1.807, 2.05) is 48.5 Å². The molecule has 0 heterocycles. The molecule has 0 aliphatic carbocycles. The second kappa shape index (κ2) is 10.6. The Hall–Kier alpha value is -1.85. The van der Waals surface area contributed by atoms with Gasteiger partial charge in [-0.05, 0) is 38.0 Å². The van der Waals surface area contributed by atoms with Crippen molar-refractivity contribution in [3.8, 4) is 0 Å². The van der Waals surface area contributed by atoms with Crippen LogP contribution < -0.4 is 0 Å². The van der Waals surface area contributed by atoms with Crippen LogP contribution in [-0.2, 0) is 23.9 Å². The number of nitrogens with zero attached hydrogens (tertiary/aromatic N) is 1. The van der Waals surface area contributed by atoms with Gasteiger partial charge in [0.15, 0.2) is 0 Å². The predicted molar refractivity (Wildman–Crippen MR) is 111 cm³/mol. The third-order valence-electron chi connectivity index (χ3n) is 5.76.